The molecule has 0 aromatic heterocycles. The standard InChI is InChI=1S/C24H27NO2/c1-20-10-8-9-15-24(20)27-19-23(26)18-25(16-21-11-4-2-5-12-21)17-22-13-6-3-7-14-22/h2-15,23,26H,16-19H2,1H3. The monoisotopic (exact) mass is 361 g/mol. The maximum atomic E-state index is 10.6. The Morgan fingerprint density at radius 3 is 1.85 bits per heavy atom. The third-order valence-electron chi connectivity index (χ3n) is 4.49. The highest BCUT2D eigenvalue weighted by molar-refractivity contribution is 5.31. The van der Waals surface area contributed by atoms with E-state index in [1.54, 1.807) is 0 Å². The van der Waals surface area contributed by atoms with Gasteiger partial charge in [0, 0.05) is 19.6 Å². The predicted octanol–water partition coefficient (Wildman–Crippen LogP) is 4.44. The summed E-state index contributed by atoms with van der Waals surface area (Å²) < 4.78 is 5.82. The van der Waals surface area contributed by atoms with E-state index in [-0.39, 0.29) is 6.61 Å². The Hall–Kier alpha value is -2.62. The molecule has 27 heavy (non-hydrogen) atoms. The Morgan fingerprint density at radius 2 is 1.30 bits per heavy atom. The van der Waals surface area contributed by atoms with Crippen molar-refractivity contribution in [1.29, 1.82) is 0 Å². The van der Waals surface area contributed by atoms with Crippen molar-refractivity contribution in [3.8, 4) is 5.75 Å². The number of ether oxygens (including phenoxy) is 1. The third-order valence-corrected chi connectivity index (χ3v) is 4.49. The maximum absolute atomic E-state index is 10.6. The smallest absolute Gasteiger partial charge is 0.122 e. The van der Waals surface area contributed by atoms with E-state index < -0.39 is 6.10 Å². The summed E-state index contributed by atoms with van der Waals surface area (Å²) in [7, 11) is 0. The predicted molar refractivity (Wildman–Crippen MR) is 110 cm³/mol. The van der Waals surface area contributed by atoms with Crippen LogP contribution in [0.1, 0.15) is 16.7 Å². The van der Waals surface area contributed by atoms with Crippen molar-refractivity contribution in [3.63, 3.8) is 0 Å². The Balaban J connectivity index is 1.62. The topological polar surface area (TPSA) is 32.7 Å². The van der Waals surface area contributed by atoms with Crippen molar-refractivity contribution in [2.24, 2.45) is 0 Å². The van der Waals surface area contributed by atoms with E-state index in [0.717, 1.165) is 24.4 Å². The Labute approximate surface area is 161 Å². The Bertz CT molecular complexity index is 763. The molecule has 3 aromatic rings. The minimum absolute atomic E-state index is 0.283. The van der Waals surface area contributed by atoms with E-state index in [1.165, 1.54) is 11.1 Å². The molecule has 0 aliphatic heterocycles. The molecule has 140 valence electrons. The van der Waals surface area contributed by atoms with Crippen molar-refractivity contribution in [3.05, 3.63) is 102 Å². The van der Waals surface area contributed by atoms with Crippen molar-refractivity contribution >= 4 is 0 Å². The molecule has 0 saturated carbocycles. The summed E-state index contributed by atoms with van der Waals surface area (Å²) in [5.74, 6) is 0.828. The molecular weight excluding hydrogens is 334 g/mol. The summed E-state index contributed by atoms with van der Waals surface area (Å²) in [6.07, 6.45) is -0.558. The fourth-order valence-electron chi connectivity index (χ4n) is 3.12. The second-order valence-electron chi connectivity index (χ2n) is 6.87. The van der Waals surface area contributed by atoms with Crippen LogP contribution in [0.2, 0.25) is 0 Å². The second-order valence-corrected chi connectivity index (χ2v) is 6.87. The van der Waals surface area contributed by atoms with Crippen LogP contribution in [-0.4, -0.2) is 29.3 Å². The van der Waals surface area contributed by atoms with Crippen molar-refractivity contribution < 1.29 is 9.84 Å². The average molecular weight is 361 g/mol. The highest BCUT2D eigenvalue weighted by atomic mass is 16.5. The molecule has 0 bridgehead atoms. The quantitative estimate of drug-likeness (QED) is 0.612. The first kappa shape index (κ1) is 19.2. The molecule has 3 heteroatoms. The van der Waals surface area contributed by atoms with Gasteiger partial charge < -0.3 is 9.84 Å². The van der Waals surface area contributed by atoms with Gasteiger partial charge in [0.15, 0.2) is 0 Å². The van der Waals surface area contributed by atoms with Gasteiger partial charge in [-0.3, -0.25) is 4.90 Å². The summed E-state index contributed by atoms with van der Waals surface area (Å²) in [5, 5.41) is 10.6. The summed E-state index contributed by atoms with van der Waals surface area (Å²) in [6, 6.07) is 28.6. The Kier molecular flexibility index (Phi) is 7.03. The van der Waals surface area contributed by atoms with Crippen LogP contribution in [0.25, 0.3) is 0 Å². The molecular formula is C24H27NO2. The van der Waals surface area contributed by atoms with Crippen LogP contribution in [0, 0.1) is 6.92 Å². The second kappa shape index (κ2) is 9.91. The lowest BCUT2D eigenvalue weighted by molar-refractivity contribution is 0.0626. The van der Waals surface area contributed by atoms with Gasteiger partial charge in [0.05, 0.1) is 0 Å². The lowest BCUT2D eigenvalue weighted by Crippen LogP contribution is -2.35. The molecule has 1 unspecified atom stereocenters. The van der Waals surface area contributed by atoms with Crippen molar-refractivity contribution in [2.75, 3.05) is 13.2 Å². The van der Waals surface area contributed by atoms with Crippen LogP contribution in [0.3, 0.4) is 0 Å². The zero-order valence-electron chi connectivity index (χ0n) is 15.8. The molecule has 0 heterocycles. The van der Waals surface area contributed by atoms with Gasteiger partial charge in [-0.1, -0.05) is 78.9 Å². The number of rotatable bonds is 9. The Morgan fingerprint density at radius 1 is 0.778 bits per heavy atom. The van der Waals surface area contributed by atoms with Crippen LogP contribution in [0.5, 0.6) is 5.75 Å². The van der Waals surface area contributed by atoms with Gasteiger partial charge in [0.25, 0.3) is 0 Å². The highest BCUT2D eigenvalue weighted by Gasteiger charge is 2.14. The third kappa shape index (κ3) is 6.24. The molecule has 0 spiro atoms. The minimum atomic E-state index is -0.558. The lowest BCUT2D eigenvalue weighted by Gasteiger charge is -2.25. The zero-order valence-corrected chi connectivity index (χ0v) is 15.8. The molecule has 0 amide bonds. The van der Waals surface area contributed by atoms with Gasteiger partial charge in [-0.2, -0.15) is 0 Å². The molecule has 3 rings (SSSR count). The fourth-order valence-corrected chi connectivity index (χ4v) is 3.12. The van der Waals surface area contributed by atoms with Gasteiger partial charge in [-0.15, -0.1) is 0 Å². The largest absolute Gasteiger partial charge is 0.491 e. The van der Waals surface area contributed by atoms with E-state index in [2.05, 4.69) is 29.2 Å². The van der Waals surface area contributed by atoms with E-state index in [4.69, 9.17) is 4.74 Å². The molecule has 1 N–H and O–H groups in total. The molecule has 0 radical (unpaired) electrons. The zero-order chi connectivity index (χ0) is 18.9. The summed E-state index contributed by atoms with van der Waals surface area (Å²) in [6.45, 7) is 4.42. The number of benzene rings is 3. The summed E-state index contributed by atoms with van der Waals surface area (Å²) >= 11 is 0. The van der Waals surface area contributed by atoms with Crippen LogP contribution in [0.4, 0.5) is 0 Å². The average Bonchev–Trinajstić information content (AvgIpc) is 2.69. The molecule has 3 aromatic carbocycles. The molecule has 0 fully saturated rings. The first-order valence-corrected chi connectivity index (χ1v) is 9.37. The number of para-hydroxylation sites is 1. The first-order chi connectivity index (χ1) is 13.2. The molecule has 0 saturated heterocycles. The molecule has 0 aliphatic carbocycles. The van der Waals surface area contributed by atoms with E-state index in [1.807, 2.05) is 67.6 Å². The van der Waals surface area contributed by atoms with Crippen LogP contribution in [-0.2, 0) is 13.1 Å². The number of aryl methyl sites for hydroxylation is 1. The molecule has 0 aliphatic rings. The highest BCUT2D eigenvalue weighted by Crippen LogP contribution is 2.17. The van der Waals surface area contributed by atoms with Crippen LogP contribution < -0.4 is 4.74 Å². The van der Waals surface area contributed by atoms with E-state index >= 15 is 0 Å². The number of nitrogens with zero attached hydrogens (tertiary/aromatic N) is 1. The normalized spacial score (nSPS) is 12.1. The number of aliphatic hydroxyl groups is 1. The minimum Gasteiger partial charge on any atom is -0.491 e. The maximum Gasteiger partial charge on any atom is 0.122 e. The first-order valence-electron chi connectivity index (χ1n) is 9.37. The fraction of sp³-hybridized carbons (Fsp3) is 0.250. The van der Waals surface area contributed by atoms with Crippen LogP contribution >= 0.6 is 0 Å². The van der Waals surface area contributed by atoms with Crippen LogP contribution in [0.15, 0.2) is 84.9 Å². The lowest BCUT2D eigenvalue weighted by atomic mass is 10.1. The van der Waals surface area contributed by atoms with Gasteiger partial charge >= 0.3 is 0 Å². The van der Waals surface area contributed by atoms with E-state index in [9.17, 15) is 5.11 Å². The SMILES string of the molecule is Cc1ccccc1OCC(O)CN(Cc1ccccc1)Cc1ccccc1. The molecule has 3 nitrogen and oxygen atoms in total. The van der Waals surface area contributed by atoms with Gasteiger partial charge in [0.2, 0.25) is 0 Å². The number of aliphatic hydroxyl groups excluding tert-OH is 1. The summed E-state index contributed by atoms with van der Waals surface area (Å²) in [5.41, 5.74) is 3.55. The van der Waals surface area contributed by atoms with E-state index in [0.29, 0.717) is 6.54 Å². The van der Waals surface area contributed by atoms with Gasteiger partial charge in [-0.05, 0) is 29.7 Å². The summed E-state index contributed by atoms with van der Waals surface area (Å²) in [4.78, 5) is 2.26. The van der Waals surface area contributed by atoms with Gasteiger partial charge in [0.1, 0.15) is 18.5 Å². The van der Waals surface area contributed by atoms with Crippen molar-refractivity contribution in [2.45, 2.75) is 26.1 Å². The number of hydrogen-bond acceptors (Lipinski definition) is 3. The molecule has 1 atom stereocenters. The number of hydrogen-bond donors (Lipinski definition) is 1. The van der Waals surface area contributed by atoms with Gasteiger partial charge in [-0.25, -0.2) is 0 Å². The van der Waals surface area contributed by atoms with Crippen molar-refractivity contribution in [1.82, 2.24) is 4.90 Å².